The van der Waals surface area contributed by atoms with Crippen LogP contribution >= 0.6 is 0 Å². The lowest BCUT2D eigenvalue weighted by Gasteiger charge is -2.12. The molecule has 1 aromatic carbocycles. The number of benzene rings is 1. The Hall–Kier alpha value is -2.15. The molecule has 0 bridgehead atoms. The highest BCUT2D eigenvalue weighted by atomic mass is 19.4. The van der Waals surface area contributed by atoms with Crippen LogP contribution in [-0.4, -0.2) is 16.6 Å². The predicted molar refractivity (Wildman–Crippen MR) is 65.8 cm³/mol. The van der Waals surface area contributed by atoms with E-state index in [9.17, 15) is 13.2 Å². The molecule has 2 N–H and O–H groups in total. The summed E-state index contributed by atoms with van der Waals surface area (Å²) in [7, 11) is 0. The van der Waals surface area contributed by atoms with E-state index in [0.29, 0.717) is 6.42 Å². The third kappa shape index (κ3) is 4.20. The largest absolute Gasteiger partial charge is 0.573 e. The van der Waals surface area contributed by atoms with E-state index >= 15 is 0 Å². The summed E-state index contributed by atoms with van der Waals surface area (Å²) in [5.74, 6) is -0.250. The van der Waals surface area contributed by atoms with Gasteiger partial charge in [-0.25, -0.2) is 0 Å². The fourth-order valence-electron chi connectivity index (χ4n) is 1.72. The van der Waals surface area contributed by atoms with Gasteiger partial charge >= 0.3 is 6.36 Å². The van der Waals surface area contributed by atoms with Gasteiger partial charge in [-0.05, 0) is 35.7 Å². The number of nitrogens with zero attached hydrogens (tertiary/aromatic N) is 2. The van der Waals surface area contributed by atoms with Crippen LogP contribution in [0.4, 0.5) is 13.2 Å². The second-order valence-electron chi connectivity index (χ2n) is 4.18. The van der Waals surface area contributed by atoms with Crippen LogP contribution in [-0.2, 0) is 6.42 Å². The quantitative estimate of drug-likeness (QED) is 0.937. The second-order valence-corrected chi connectivity index (χ2v) is 4.18. The van der Waals surface area contributed by atoms with Gasteiger partial charge in [0.15, 0.2) is 0 Å². The van der Waals surface area contributed by atoms with Gasteiger partial charge in [0.2, 0.25) is 0 Å². The van der Waals surface area contributed by atoms with Crippen molar-refractivity contribution >= 4 is 0 Å². The van der Waals surface area contributed by atoms with Crippen LogP contribution in [0.25, 0.3) is 0 Å². The van der Waals surface area contributed by atoms with E-state index < -0.39 is 6.36 Å². The molecule has 0 fully saturated rings. The molecule has 2 rings (SSSR count). The third-order valence-electron chi connectivity index (χ3n) is 2.65. The average molecular weight is 283 g/mol. The normalized spacial score (nSPS) is 13.0. The highest BCUT2D eigenvalue weighted by Crippen LogP contribution is 2.23. The summed E-state index contributed by atoms with van der Waals surface area (Å²) >= 11 is 0. The van der Waals surface area contributed by atoms with E-state index in [1.807, 2.05) is 0 Å². The minimum Gasteiger partial charge on any atom is -0.406 e. The smallest absolute Gasteiger partial charge is 0.406 e. The molecule has 1 heterocycles. The number of ether oxygens (including phenoxy) is 1. The SMILES string of the molecule is NC(Cc1ccc(OC(F)(F)F)cc1)c1ccnnc1. The number of alkyl halides is 3. The van der Waals surface area contributed by atoms with E-state index in [0.717, 1.165) is 11.1 Å². The zero-order valence-electron chi connectivity index (χ0n) is 10.3. The zero-order chi connectivity index (χ0) is 14.6. The van der Waals surface area contributed by atoms with E-state index in [4.69, 9.17) is 5.73 Å². The van der Waals surface area contributed by atoms with Crippen LogP contribution < -0.4 is 10.5 Å². The molecular weight excluding hydrogens is 271 g/mol. The molecule has 0 spiro atoms. The second kappa shape index (κ2) is 5.87. The summed E-state index contributed by atoms with van der Waals surface area (Å²) in [5.41, 5.74) is 7.61. The fraction of sp³-hybridized carbons (Fsp3) is 0.231. The van der Waals surface area contributed by atoms with Gasteiger partial charge in [-0.3, -0.25) is 0 Å². The minimum absolute atomic E-state index is 0.250. The summed E-state index contributed by atoms with van der Waals surface area (Å²) in [6.45, 7) is 0. The molecule has 7 heteroatoms. The van der Waals surface area contributed by atoms with Crippen molar-refractivity contribution in [1.82, 2.24) is 10.2 Å². The number of rotatable bonds is 4. The van der Waals surface area contributed by atoms with Gasteiger partial charge < -0.3 is 10.5 Å². The molecule has 20 heavy (non-hydrogen) atoms. The molecule has 0 saturated heterocycles. The predicted octanol–water partition coefficient (Wildman–Crippen LogP) is 2.62. The Bertz CT molecular complexity index is 543. The van der Waals surface area contributed by atoms with Crippen molar-refractivity contribution in [3.8, 4) is 5.75 Å². The summed E-state index contributed by atoms with van der Waals surface area (Å²) in [5, 5.41) is 7.38. The molecule has 0 aliphatic heterocycles. The molecule has 4 nitrogen and oxygen atoms in total. The van der Waals surface area contributed by atoms with Crippen LogP contribution in [0.3, 0.4) is 0 Å². The monoisotopic (exact) mass is 283 g/mol. The van der Waals surface area contributed by atoms with Crippen molar-refractivity contribution in [2.24, 2.45) is 5.73 Å². The van der Waals surface area contributed by atoms with Crippen LogP contribution in [0.1, 0.15) is 17.2 Å². The number of halogens is 3. The Morgan fingerprint density at radius 1 is 1.10 bits per heavy atom. The van der Waals surface area contributed by atoms with E-state index in [1.54, 1.807) is 24.4 Å². The molecule has 0 amide bonds. The minimum atomic E-state index is -4.68. The van der Waals surface area contributed by atoms with Crippen molar-refractivity contribution in [2.45, 2.75) is 18.8 Å². The summed E-state index contributed by atoms with van der Waals surface area (Å²) in [6.07, 6.45) is -1.10. The first kappa shape index (κ1) is 14.3. The first-order chi connectivity index (χ1) is 9.44. The van der Waals surface area contributed by atoms with Gasteiger partial charge in [-0.15, -0.1) is 13.2 Å². The molecule has 0 aliphatic carbocycles. The third-order valence-corrected chi connectivity index (χ3v) is 2.65. The van der Waals surface area contributed by atoms with Gasteiger partial charge in [0.05, 0.1) is 6.20 Å². The summed E-state index contributed by atoms with van der Waals surface area (Å²) in [4.78, 5) is 0. The van der Waals surface area contributed by atoms with Gasteiger partial charge in [0.25, 0.3) is 0 Å². The molecule has 1 atom stereocenters. The molecule has 1 aromatic heterocycles. The number of aromatic nitrogens is 2. The Kier molecular flexibility index (Phi) is 4.19. The van der Waals surface area contributed by atoms with Crippen molar-refractivity contribution < 1.29 is 17.9 Å². The number of hydrogen-bond acceptors (Lipinski definition) is 4. The first-order valence-corrected chi connectivity index (χ1v) is 5.81. The lowest BCUT2D eigenvalue weighted by atomic mass is 10.0. The lowest BCUT2D eigenvalue weighted by molar-refractivity contribution is -0.274. The lowest BCUT2D eigenvalue weighted by Crippen LogP contribution is -2.17. The topological polar surface area (TPSA) is 61.0 Å². The standard InChI is InChI=1S/C13H12F3N3O/c14-13(15,16)20-11-3-1-9(2-4-11)7-12(17)10-5-6-18-19-8-10/h1-6,8,12H,7,17H2. The van der Waals surface area contributed by atoms with Gasteiger partial charge in [-0.2, -0.15) is 10.2 Å². The highest BCUT2D eigenvalue weighted by molar-refractivity contribution is 5.29. The Balaban J connectivity index is 2.00. The van der Waals surface area contributed by atoms with Crippen molar-refractivity contribution in [3.63, 3.8) is 0 Å². The molecule has 1 unspecified atom stereocenters. The van der Waals surface area contributed by atoms with E-state index in [1.165, 1.54) is 18.3 Å². The Labute approximate surface area is 113 Å². The van der Waals surface area contributed by atoms with Crippen LogP contribution in [0.2, 0.25) is 0 Å². The fourth-order valence-corrected chi connectivity index (χ4v) is 1.72. The molecule has 2 aromatic rings. The Morgan fingerprint density at radius 2 is 1.80 bits per heavy atom. The maximum atomic E-state index is 12.0. The van der Waals surface area contributed by atoms with Gasteiger partial charge in [-0.1, -0.05) is 12.1 Å². The van der Waals surface area contributed by atoms with Gasteiger partial charge in [0, 0.05) is 12.2 Å². The van der Waals surface area contributed by atoms with Crippen LogP contribution in [0.5, 0.6) is 5.75 Å². The van der Waals surface area contributed by atoms with Crippen molar-refractivity contribution in [3.05, 3.63) is 53.9 Å². The molecule has 0 radical (unpaired) electrons. The number of hydrogen-bond donors (Lipinski definition) is 1. The van der Waals surface area contributed by atoms with Crippen molar-refractivity contribution in [1.29, 1.82) is 0 Å². The number of nitrogens with two attached hydrogens (primary N) is 1. The van der Waals surface area contributed by atoms with Crippen LogP contribution in [0.15, 0.2) is 42.7 Å². The Morgan fingerprint density at radius 3 is 2.35 bits per heavy atom. The first-order valence-electron chi connectivity index (χ1n) is 5.81. The highest BCUT2D eigenvalue weighted by Gasteiger charge is 2.30. The van der Waals surface area contributed by atoms with Crippen molar-refractivity contribution in [2.75, 3.05) is 0 Å². The van der Waals surface area contributed by atoms with E-state index in [2.05, 4.69) is 14.9 Å². The molecule has 0 aliphatic rings. The molecule has 106 valence electrons. The zero-order valence-corrected chi connectivity index (χ0v) is 10.3. The maximum absolute atomic E-state index is 12.0. The summed E-state index contributed by atoms with van der Waals surface area (Å²) < 4.78 is 39.9. The summed E-state index contributed by atoms with van der Waals surface area (Å²) in [6, 6.07) is 7.09. The molecule has 0 saturated carbocycles. The van der Waals surface area contributed by atoms with Crippen LogP contribution in [0, 0.1) is 0 Å². The maximum Gasteiger partial charge on any atom is 0.573 e. The average Bonchev–Trinajstić information content (AvgIpc) is 2.40. The van der Waals surface area contributed by atoms with E-state index in [-0.39, 0.29) is 11.8 Å². The van der Waals surface area contributed by atoms with Gasteiger partial charge in [0.1, 0.15) is 5.75 Å². The molecular formula is C13H12F3N3O.